The van der Waals surface area contributed by atoms with Crippen LogP contribution in [0.2, 0.25) is 5.02 Å². The number of carbonyl (C=O) groups is 3. The average Bonchev–Trinajstić information content (AvgIpc) is 3.50. The fraction of sp³-hybridized carbons (Fsp3) is 0.519. The average molecular weight is 532 g/mol. The minimum atomic E-state index is -0.774. The Morgan fingerprint density at radius 2 is 1.92 bits per heavy atom. The van der Waals surface area contributed by atoms with Crippen molar-refractivity contribution in [3.63, 3.8) is 0 Å². The Morgan fingerprint density at radius 3 is 2.53 bits per heavy atom. The number of likely N-dealkylation sites (tertiary alicyclic amines) is 1. The van der Waals surface area contributed by atoms with Gasteiger partial charge in [0.05, 0.1) is 23.2 Å². The summed E-state index contributed by atoms with van der Waals surface area (Å²) in [6.07, 6.45) is 5.63. The molecule has 3 fully saturated rings. The second-order valence-electron chi connectivity index (χ2n) is 9.60. The van der Waals surface area contributed by atoms with E-state index in [0.717, 1.165) is 12.8 Å². The number of halogens is 1. The lowest BCUT2D eigenvalue weighted by molar-refractivity contribution is -0.144. The summed E-state index contributed by atoms with van der Waals surface area (Å²) in [5.41, 5.74) is 0.658. The van der Waals surface area contributed by atoms with Gasteiger partial charge >= 0.3 is 0 Å². The normalized spacial score (nSPS) is 28.2. The van der Waals surface area contributed by atoms with Crippen molar-refractivity contribution in [3.8, 4) is 0 Å². The molecular weight excluding hydrogens is 498 g/mol. The molecule has 7 nitrogen and oxygen atoms in total. The number of anilines is 1. The van der Waals surface area contributed by atoms with E-state index in [1.165, 1.54) is 4.90 Å². The minimum absolute atomic E-state index is 0.00872. The van der Waals surface area contributed by atoms with Crippen molar-refractivity contribution in [2.75, 3.05) is 37.7 Å². The molecule has 0 aliphatic carbocycles. The van der Waals surface area contributed by atoms with Crippen LogP contribution < -0.4 is 4.90 Å². The van der Waals surface area contributed by atoms with Gasteiger partial charge < -0.3 is 19.8 Å². The van der Waals surface area contributed by atoms with Crippen molar-refractivity contribution in [2.24, 2.45) is 11.8 Å². The lowest BCUT2D eigenvalue weighted by Crippen LogP contribution is -2.55. The van der Waals surface area contributed by atoms with Crippen molar-refractivity contribution < 1.29 is 19.5 Å². The number of nitrogens with zero attached hydrogens (tertiary/aromatic N) is 3. The number of carbonyl (C=O) groups excluding carboxylic acids is 3. The van der Waals surface area contributed by atoms with Crippen LogP contribution in [0.3, 0.4) is 0 Å². The summed E-state index contributed by atoms with van der Waals surface area (Å²) in [5.74, 6) is -1.54. The molecule has 5 atom stereocenters. The Morgan fingerprint density at radius 1 is 1.22 bits per heavy atom. The number of hydrogen-bond donors (Lipinski definition) is 1. The van der Waals surface area contributed by atoms with Crippen LogP contribution in [0.4, 0.5) is 5.69 Å². The van der Waals surface area contributed by atoms with Crippen LogP contribution in [-0.4, -0.2) is 81.5 Å². The van der Waals surface area contributed by atoms with Crippen molar-refractivity contribution in [1.82, 2.24) is 9.80 Å². The second-order valence-corrected chi connectivity index (χ2v) is 11.6. The van der Waals surface area contributed by atoms with Crippen molar-refractivity contribution >= 4 is 46.8 Å². The van der Waals surface area contributed by atoms with Crippen LogP contribution in [-0.2, 0) is 14.4 Å². The van der Waals surface area contributed by atoms with E-state index in [0.29, 0.717) is 30.2 Å². The lowest BCUT2D eigenvalue weighted by Gasteiger charge is -2.37. The van der Waals surface area contributed by atoms with Gasteiger partial charge in [-0.2, -0.15) is 0 Å². The SMILES string of the molecule is C=CCN(CCC)C(=O)[C@@H]1[C@@H]2CCC3(S2)C(C(=O)N(CC=C)c2ccc(Cl)cc2)N(CCO)C(=O)[C@H]13. The van der Waals surface area contributed by atoms with E-state index in [4.69, 9.17) is 11.6 Å². The first-order valence-corrected chi connectivity index (χ1v) is 13.8. The van der Waals surface area contributed by atoms with Gasteiger partial charge in [-0.15, -0.1) is 24.9 Å². The van der Waals surface area contributed by atoms with Crippen LogP contribution in [0.25, 0.3) is 0 Å². The fourth-order valence-electron chi connectivity index (χ4n) is 6.21. The molecule has 2 unspecified atom stereocenters. The summed E-state index contributed by atoms with van der Waals surface area (Å²) in [6, 6.07) is 6.22. The molecule has 0 saturated carbocycles. The molecule has 3 aliphatic rings. The van der Waals surface area contributed by atoms with Gasteiger partial charge in [0.2, 0.25) is 11.8 Å². The van der Waals surface area contributed by atoms with Gasteiger partial charge in [-0.1, -0.05) is 30.7 Å². The van der Waals surface area contributed by atoms with Gasteiger partial charge in [-0.25, -0.2) is 0 Å². The Kier molecular flexibility index (Phi) is 8.17. The Bertz CT molecular complexity index is 1030. The highest BCUT2D eigenvalue weighted by atomic mass is 35.5. The molecular formula is C27H34ClN3O4S. The van der Waals surface area contributed by atoms with Crippen LogP contribution >= 0.6 is 23.4 Å². The van der Waals surface area contributed by atoms with E-state index in [1.807, 2.05) is 6.92 Å². The number of β-amino-alcohol motifs (C(OH)–C–C–N with tert-alkyl or cyclic N) is 1. The third-order valence-electron chi connectivity index (χ3n) is 7.53. The smallest absolute Gasteiger partial charge is 0.251 e. The van der Waals surface area contributed by atoms with Crippen molar-refractivity contribution in [3.05, 3.63) is 54.6 Å². The number of hydrogen-bond acceptors (Lipinski definition) is 5. The van der Waals surface area contributed by atoms with Crippen LogP contribution in [0.1, 0.15) is 26.2 Å². The Labute approximate surface area is 222 Å². The van der Waals surface area contributed by atoms with Crippen LogP contribution in [0, 0.1) is 11.8 Å². The standard InChI is InChI=1S/C27H34ClN3O4S/c1-4-13-29(14-5-2)24(33)21-20-11-12-27(36-20)22(21)25(34)31(16-17-32)23(27)26(35)30(15-6-3)19-9-7-18(28)8-10-19/h4,6-10,20-23,32H,1,3,5,11-17H2,2H3/t20-,21+,22-,23?,27?/m0/s1. The molecule has 0 aromatic heterocycles. The summed E-state index contributed by atoms with van der Waals surface area (Å²) in [7, 11) is 0. The summed E-state index contributed by atoms with van der Waals surface area (Å²) in [6.45, 7) is 10.7. The number of aliphatic hydroxyl groups excluding tert-OH is 1. The number of thioether (sulfide) groups is 1. The van der Waals surface area contributed by atoms with Crippen LogP contribution in [0.5, 0.6) is 0 Å². The largest absolute Gasteiger partial charge is 0.395 e. The zero-order chi connectivity index (χ0) is 26.0. The first kappa shape index (κ1) is 26.8. The zero-order valence-electron chi connectivity index (χ0n) is 20.6. The second kappa shape index (κ2) is 11.0. The Balaban J connectivity index is 1.74. The minimum Gasteiger partial charge on any atom is -0.395 e. The molecule has 4 rings (SSSR count). The van der Waals surface area contributed by atoms with E-state index in [1.54, 1.807) is 58.0 Å². The number of amides is 3. The summed E-state index contributed by atoms with van der Waals surface area (Å²) in [4.78, 5) is 46.8. The van der Waals surface area contributed by atoms with Crippen molar-refractivity contribution in [2.45, 2.75) is 42.2 Å². The maximum absolute atomic E-state index is 14.2. The quantitative estimate of drug-likeness (QED) is 0.443. The maximum Gasteiger partial charge on any atom is 0.251 e. The highest BCUT2D eigenvalue weighted by Crippen LogP contribution is 2.66. The van der Waals surface area contributed by atoms with Gasteiger partial charge in [0.15, 0.2) is 0 Å². The van der Waals surface area contributed by atoms with Crippen LogP contribution in [0.15, 0.2) is 49.6 Å². The van der Waals surface area contributed by atoms with Gasteiger partial charge in [-0.3, -0.25) is 14.4 Å². The van der Waals surface area contributed by atoms with E-state index in [2.05, 4.69) is 13.2 Å². The summed E-state index contributed by atoms with van der Waals surface area (Å²) in [5, 5.41) is 10.4. The molecule has 1 aromatic rings. The highest BCUT2D eigenvalue weighted by molar-refractivity contribution is 8.02. The van der Waals surface area contributed by atoms with Gasteiger partial charge in [0.25, 0.3) is 5.91 Å². The molecule has 0 radical (unpaired) electrons. The highest BCUT2D eigenvalue weighted by Gasteiger charge is 2.74. The number of fused-ring (bicyclic) bond motifs is 1. The number of aliphatic hydroxyl groups is 1. The first-order valence-electron chi connectivity index (χ1n) is 12.5. The first-order chi connectivity index (χ1) is 17.3. The summed E-state index contributed by atoms with van der Waals surface area (Å²) >= 11 is 7.70. The maximum atomic E-state index is 14.2. The van der Waals surface area contributed by atoms with E-state index >= 15 is 0 Å². The molecule has 2 bridgehead atoms. The molecule has 3 amide bonds. The van der Waals surface area contributed by atoms with E-state index < -0.39 is 22.6 Å². The predicted octanol–water partition coefficient (Wildman–Crippen LogP) is 3.37. The third kappa shape index (κ3) is 4.37. The Hall–Kier alpha value is -2.29. The molecule has 3 heterocycles. The molecule has 9 heteroatoms. The lowest BCUT2D eigenvalue weighted by atomic mass is 9.70. The van der Waals surface area contributed by atoms with Crippen molar-refractivity contribution in [1.29, 1.82) is 0 Å². The number of rotatable bonds is 11. The zero-order valence-corrected chi connectivity index (χ0v) is 22.2. The molecule has 3 saturated heterocycles. The molecule has 1 aromatic carbocycles. The molecule has 194 valence electrons. The predicted molar refractivity (Wildman–Crippen MR) is 144 cm³/mol. The monoisotopic (exact) mass is 531 g/mol. The van der Waals surface area contributed by atoms with E-state index in [9.17, 15) is 19.5 Å². The van der Waals surface area contributed by atoms with E-state index in [-0.39, 0.29) is 42.7 Å². The molecule has 36 heavy (non-hydrogen) atoms. The molecule has 3 aliphatic heterocycles. The molecule has 1 N–H and O–H groups in total. The van der Waals surface area contributed by atoms with Gasteiger partial charge in [0.1, 0.15) is 6.04 Å². The van der Waals surface area contributed by atoms with Gasteiger partial charge in [0, 0.05) is 42.1 Å². The number of benzene rings is 1. The third-order valence-corrected chi connectivity index (χ3v) is 9.73. The fourth-order valence-corrected chi connectivity index (χ4v) is 8.54. The topological polar surface area (TPSA) is 81.2 Å². The molecule has 1 spiro atoms. The van der Waals surface area contributed by atoms with Gasteiger partial charge in [-0.05, 0) is 43.5 Å². The summed E-state index contributed by atoms with van der Waals surface area (Å²) < 4.78 is -0.702.